The van der Waals surface area contributed by atoms with Gasteiger partial charge in [-0.25, -0.2) is 9.98 Å². The Hall–Kier alpha value is -1.83. The fraction of sp³-hybridized carbons (Fsp3) is 0.529. The van der Waals surface area contributed by atoms with Crippen LogP contribution >= 0.6 is 11.6 Å². The van der Waals surface area contributed by atoms with E-state index >= 15 is 0 Å². The van der Waals surface area contributed by atoms with E-state index in [-0.39, 0.29) is 5.29 Å². The first-order valence-corrected chi connectivity index (χ1v) is 8.88. The predicted molar refractivity (Wildman–Crippen MR) is 101 cm³/mol. The highest BCUT2D eigenvalue weighted by atomic mass is 35.5. The summed E-state index contributed by atoms with van der Waals surface area (Å²) in [6.45, 7) is 6.33. The summed E-state index contributed by atoms with van der Waals surface area (Å²) < 4.78 is 11.0. The van der Waals surface area contributed by atoms with Crippen LogP contribution < -0.4 is 14.5 Å². The molecular weight excluding hydrogens is 342 g/mol. The number of ether oxygens (including phenoxy) is 2. The van der Waals surface area contributed by atoms with Crippen molar-refractivity contribution in [3.8, 4) is 5.75 Å². The summed E-state index contributed by atoms with van der Waals surface area (Å²) >= 11 is 5.79. The van der Waals surface area contributed by atoms with Crippen LogP contribution in [0, 0.1) is 0 Å². The fourth-order valence-electron chi connectivity index (χ4n) is 3.35. The van der Waals surface area contributed by atoms with Gasteiger partial charge in [-0.2, -0.15) is 0 Å². The van der Waals surface area contributed by atoms with Crippen molar-refractivity contribution in [2.24, 2.45) is 9.98 Å². The Morgan fingerprint density at radius 1 is 1.20 bits per heavy atom. The van der Waals surface area contributed by atoms with E-state index in [4.69, 9.17) is 21.1 Å². The molecule has 3 aliphatic rings. The van der Waals surface area contributed by atoms with E-state index in [2.05, 4.69) is 31.9 Å². The van der Waals surface area contributed by atoms with Gasteiger partial charge < -0.3 is 19.3 Å². The summed E-state index contributed by atoms with van der Waals surface area (Å²) in [6, 6.07) is 6.83. The van der Waals surface area contributed by atoms with Gasteiger partial charge in [0.05, 0.1) is 38.4 Å². The van der Waals surface area contributed by atoms with Gasteiger partial charge in [-0.15, -0.1) is 0 Å². The van der Waals surface area contributed by atoms with Crippen molar-refractivity contribution in [3.05, 3.63) is 18.2 Å². The molecular formula is C17H22ClN5O2. The number of piperazine rings is 1. The lowest BCUT2D eigenvalue weighted by molar-refractivity contribution is -0.0660. The zero-order chi connectivity index (χ0) is 17.2. The minimum atomic E-state index is 0.287. The van der Waals surface area contributed by atoms with E-state index in [1.807, 2.05) is 11.0 Å². The van der Waals surface area contributed by atoms with Crippen molar-refractivity contribution in [2.75, 3.05) is 63.0 Å². The Balaban J connectivity index is 1.46. The van der Waals surface area contributed by atoms with Crippen molar-refractivity contribution in [3.63, 3.8) is 0 Å². The number of aliphatic imine (C=N–C) groups is 2. The number of methoxy groups -OCH3 is 1. The molecule has 0 aromatic heterocycles. The third-order valence-electron chi connectivity index (χ3n) is 4.94. The number of hydrogen-bond acceptors (Lipinski definition) is 7. The van der Waals surface area contributed by atoms with Gasteiger partial charge in [-0.3, -0.25) is 4.90 Å². The smallest absolute Gasteiger partial charge is 0.220 e. The van der Waals surface area contributed by atoms with Crippen molar-refractivity contribution >= 4 is 34.6 Å². The molecule has 0 spiro atoms. The summed E-state index contributed by atoms with van der Waals surface area (Å²) in [5, 5.41) is 0.287. The van der Waals surface area contributed by atoms with Crippen LogP contribution in [0.5, 0.6) is 5.75 Å². The molecule has 4 rings (SSSR count). The monoisotopic (exact) mass is 363 g/mol. The second-order valence-corrected chi connectivity index (χ2v) is 6.69. The van der Waals surface area contributed by atoms with Crippen LogP contribution in [0.15, 0.2) is 28.2 Å². The molecule has 1 aromatic rings. The molecule has 0 N–H and O–H groups in total. The molecule has 0 atom stereocenters. The van der Waals surface area contributed by atoms with E-state index in [0.29, 0.717) is 12.7 Å². The highest BCUT2D eigenvalue weighted by Crippen LogP contribution is 2.33. The Labute approximate surface area is 152 Å². The van der Waals surface area contributed by atoms with Crippen LogP contribution in [-0.2, 0) is 4.74 Å². The molecule has 134 valence electrons. The number of nitrogens with zero attached hydrogens (tertiary/aromatic N) is 5. The molecule has 7 nitrogen and oxygen atoms in total. The maximum Gasteiger partial charge on any atom is 0.220 e. The molecule has 0 amide bonds. The number of benzene rings is 1. The molecule has 25 heavy (non-hydrogen) atoms. The molecule has 2 saturated heterocycles. The Kier molecular flexibility index (Phi) is 4.78. The largest absolute Gasteiger partial charge is 0.495 e. The van der Waals surface area contributed by atoms with E-state index in [9.17, 15) is 0 Å². The zero-order valence-electron chi connectivity index (χ0n) is 14.3. The molecule has 3 aliphatic heterocycles. The Morgan fingerprint density at radius 3 is 2.60 bits per heavy atom. The number of rotatable bonds is 4. The second-order valence-electron chi connectivity index (χ2n) is 6.35. The van der Waals surface area contributed by atoms with Gasteiger partial charge in [0, 0.05) is 37.9 Å². The van der Waals surface area contributed by atoms with Crippen molar-refractivity contribution in [2.45, 2.75) is 6.04 Å². The lowest BCUT2D eigenvalue weighted by atomic mass is 10.1. The quantitative estimate of drug-likeness (QED) is 0.761. The Bertz CT molecular complexity index is 684. The molecule has 2 fully saturated rings. The minimum absolute atomic E-state index is 0.287. The van der Waals surface area contributed by atoms with Crippen molar-refractivity contribution in [1.29, 1.82) is 0 Å². The lowest BCUT2D eigenvalue weighted by Crippen LogP contribution is -2.56. The first-order valence-electron chi connectivity index (χ1n) is 8.50. The van der Waals surface area contributed by atoms with Crippen LogP contribution in [0.3, 0.4) is 0 Å². The molecule has 0 bridgehead atoms. The summed E-state index contributed by atoms with van der Waals surface area (Å²) in [4.78, 5) is 15.0. The van der Waals surface area contributed by atoms with Gasteiger partial charge in [0.2, 0.25) is 5.29 Å². The molecule has 1 aromatic carbocycles. The summed E-state index contributed by atoms with van der Waals surface area (Å²) in [5.74, 6) is 0.868. The van der Waals surface area contributed by atoms with E-state index in [1.54, 1.807) is 13.4 Å². The van der Waals surface area contributed by atoms with Gasteiger partial charge in [-0.1, -0.05) is 0 Å². The van der Waals surface area contributed by atoms with Gasteiger partial charge in [0.1, 0.15) is 12.4 Å². The maximum absolute atomic E-state index is 5.79. The molecule has 0 radical (unpaired) electrons. The molecule has 0 unspecified atom stereocenters. The Morgan fingerprint density at radius 2 is 2.00 bits per heavy atom. The van der Waals surface area contributed by atoms with Crippen LogP contribution in [-0.4, -0.2) is 75.7 Å². The highest BCUT2D eigenvalue weighted by Gasteiger charge is 2.29. The van der Waals surface area contributed by atoms with Crippen LogP contribution in [0.2, 0.25) is 0 Å². The maximum atomic E-state index is 5.79. The van der Waals surface area contributed by atoms with Gasteiger partial charge >= 0.3 is 0 Å². The first-order chi connectivity index (χ1) is 12.2. The molecule has 3 heterocycles. The number of amidine groups is 1. The number of halogens is 1. The van der Waals surface area contributed by atoms with Gasteiger partial charge in [-0.05, 0) is 23.7 Å². The SMILES string of the molecule is COc1cc(N2C=NC(Cl)=NC2)ccc1N1CCN(C2COC2)CC1. The van der Waals surface area contributed by atoms with Crippen molar-refractivity contribution in [1.82, 2.24) is 4.90 Å². The van der Waals surface area contributed by atoms with Crippen LogP contribution in [0.25, 0.3) is 0 Å². The summed E-state index contributed by atoms with van der Waals surface area (Å²) in [7, 11) is 1.71. The molecule has 8 heteroatoms. The van der Waals surface area contributed by atoms with Crippen molar-refractivity contribution < 1.29 is 9.47 Å². The van der Waals surface area contributed by atoms with E-state index < -0.39 is 0 Å². The second kappa shape index (κ2) is 7.19. The average molecular weight is 364 g/mol. The summed E-state index contributed by atoms with van der Waals surface area (Å²) in [5.41, 5.74) is 2.12. The third kappa shape index (κ3) is 3.44. The van der Waals surface area contributed by atoms with E-state index in [0.717, 1.165) is 56.5 Å². The summed E-state index contributed by atoms with van der Waals surface area (Å²) in [6.07, 6.45) is 1.70. The predicted octanol–water partition coefficient (Wildman–Crippen LogP) is 1.62. The van der Waals surface area contributed by atoms with Crippen LogP contribution in [0.1, 0.15) is 0 Å². The van der Waals surface area contributed by atoms with E-state index in [1.165, 1.54) is 0 Å². The van der Waals surface area contributed by atoms with Crippen LogP contribution in [0.4, 0.5) is 11.4 Å². The first kappa shape index (κ1) is 16.6. The standard InChI is InChI=1S/C17H22ClN5O2/c1-24-16-8-13(23-11-19-17(18)20-12-23)2-3-15(16)22-6-4-21(5-7-22)14-9-25-10-14/h2-3,8,11,14H,4-7,9-10,12H2,1H3. The normalized spacial score (nSPS) is 21.9. The highest BCUT2D eigenvalue weighted by molar-refractivity contribution is 6.65. The third-order valence-corrected chi connectivity index (χ3v) is 5.16. The lowest BCUT2D eigenvalue weighted by Gasteiger charge is -2.43. The minimum Gasteiger partial charge on any atom is -0.495 e. The number of hydrogen-bond donors (Lipinski definition) is 0. The average Bonchev–Trinajstić information content (AvgIpc) is 2.61. The molecule has 0 aliphatic carbocycles. The fourth-order valence-corrected chi connectivity index (χ4v) is 3.44. The number of anilines is 2. The topological polar surface area (TPSA) is 52.9 Å². The molecule has 0 saturated carbocycles. The van der Waals surface area contributed by atoms with Gasteiger partial charge in [0.15, 0.2) is 0 Å². The van der Waals surface area contributed by atoms with Gasteiger partial charge in [0.25, 0.3) is 0 Å². The zero-order valence-corrected chi connectivity index (χ0v) is 15.0.